The molecule has 5 nitrogen and oxygen atoms in total. The number of piperidine rings is 1. The summed E-state index contributed by atoms with van der Waals surface area (Å²) >= 11 is 0. The van der Waals surface area contributed by atoms with Crippen LogP contribution in [0.25, 0.3) is 0 Å². The highest BCUT2D eigenvalue weighted by atomic mass is 35.5. The molecule has 2 rings (SSSR count). The van der Waals surface area contributed by atoms with E-state index in [4.69, 9.17) is 0 Å². The fraction of sp³-hybridized carbons (Fsp3) is 0.750. The Hall–Kier alpha value is -1.07. The lowest BCUT2D eigenvalue weighted by Gasteiger charge is -2.28. The predicted octanol–water partition coefficient (Wildman–Crippen LogP) is 2.35. The van der Waals surface area contributed by atoms with E-state index in [1.807, 2.05) is 31.8 Å². The summed E-state index contributed by atoms with van der Waals surface area (Å²) in [7, 11) is 1.92. The number of nitrogens with one attached hydrogen (secondary N) is 2. The van der Waals surface area contributed by atoms with Gasteiger partial charge < -0.3 is 10.6 Å². The van der Waals surface area contributed by atoms with Crippen LogP contribution in [0.3, 0.4) is 0 Å². The largest absolute Gasteiger partial charge is 0.349 e. The summed E-state index contributed by atoms with van der Waals surface area (Å²) < 4.78 is 1.84. The zero-order valence-corrected chi connectivity index (χ0v) is 14.9. The molecule has 0 bridgehead atoms. The van der Waals surface area contributed by atoms with E-state index < -0.39 is 0 Å². The lowest BCUT2D eigenvalue weighted by molar-refractivity contribution is -0.123. The maximum Gasteiger partial charge on any atom is 0.220 e. The highest BCUT2D eigenvalue weighted by molar-refractivity contribution is 5.85. The van der Waals surface area contributed by atoms with Crippen molar-refractivity contribution in [1.29, 1.82) is 0 Å². The third-order valence-electron chi connectivity index (χ3n) is 4.76. The van der Waals surface area contributed by atoms with Gasteiger partial charge in [-0.05, 0) is 51.6 Å². The number of nitrogens with zero attached hydrogens (tertiary/aromatic N) is 2. The average molecular weight is 329 g/mol. The van der Waals surface area contributed by atoms with Crippen LogP contribution < -0.4 is 10.6 Å². The first-order valence-corrected chi connectivity index (χ1v) is 7.97. The third kappa shape index (κ3) is 4.71. The van der Waals surface area contributed by atoms with Crippen molar-refractivity contribution in [3.63, 3.8) is 0 Å². The van der Waals surface area contributed by atoms with Crippen molar-refractivity contribution in [3.05, 3.63) is 17.5 Å². The fourth-order valence-electron chi connectivity index (χ4n) is 3.14. The molecule has 1 saturated heterocycles. The molecule has 0 spiro atoms. The second-order valence-corrected chi connectivity index (χ2v) is 6.39. The Morgan fingerprint density at radius 3 is 2.82 bits per heavy atom. The van der Waals surface area contributed by atoms with Crippen LogP contribution in [0.15, 0.2) is 6.20 Å². The Morgan fingerprint density at radius 2 is 2.27 bits per heavy atom. The van der Waals surface area contributed by atoms with Crippen LogP contribution in [-0.4, -0.2) is 28.8 Å². The number of carbonyl (C=O) groups excluding carboxylic acids is 1. The van der Waals surface area contributed by atoms with Gasteiger partial charge in [0.1, 0.15) is 0 Å². The van der Waals surface area contributed by atoms with Gasteiger partial charge in [-0.1, -0.05) is 6.92 Å². The van der Waals surface area contributed by atoms with Crippen LogP contribution in [0, 0.1) is 18.8 Å². The number of carbonyl (C=O) groups is 1. The number of aryl methyl sites for hydroxylation is 1. The first-order valence-electron chi connectivity index (χ1n) is 7.97. The Morgan fingerprint density at radius 1 is 1.55 bits per heavy atom. The first kappa shape index (κ1) is 19.0. The molecule has 2 heterocycles. The monoisotopic (exact) mass is 328 g/mol. The van der Waals surface area contributed by atoms with E-state index >= 15 is 0 Å². The molecular formula is C16H29ClN4O. The Labute approximate surface area is 139 Å². The van der Waals surface area contributed by atoms with Crippen LogP contribution in [0.1, 0.15) is 50.4 Å². The van der Waals surface area contributed by atoms with E-state index in [-0.39, 0.29) is 24.4 Å². The zero-order chi connectivity index (χ0) is 15.4. The molecule has 0 aliphatic carbocycles. The van der Waals surface area contributed by atoms with E-state index in [1.54, 1.807) is 0 Å². The number of halogens is 1. The molecule has 126 valence electrons. The van der Waals surface area contributed by atoms with Crippen LogP contribution in [0.5, 0.6) is 0 Å². The molecule has 2 N–H and O–H groups in total. The van der Waals surface area contributed by atoms with E-state index in [9.17, 15) is 4.79 Å². The molecule has 6 heteroatoms. The fourth-order valence-corrected chi connectivity index (χ4v) is 3.14. The van der Waals surface area contributed by atoms with Crippen LogP contribution in [0.2, 0.25) is 0 Å². The lowest BCUT2D eigenvalue weighted by atomic mass is 9.85. The highest BCUT2D eigenvalue weighted by Crippen LogP contribution is 2.23. The second-order valence-electron chi connectivity index (χ2n) is 6.39. The summed E-state index contributed by atoms with van der Waals surface area (Å²) in [5, 5.41) is 10.8. The minimum atomic E-state index is 0. The van der Waals surface area contributed by atoms with Gasteiger partial charge in [-0.25, -0.2) is 0 Å². The molecule has 3 unspecified atom stereocenters. The standard InChI is InChI=1S/C16H28N4O.ClH/c1-11(14-6-5-7-17-9-14)8-16(21)19-12(2)15-10-18-20(4)13(15)3;/h10-12,14,17H,5-9H2,1-4H3,(H,19,21);1H. The topological polar surface area (TPSA) is 59.0 Å². The van der Waals surface area contributed by atoms with Crippen molar-refractivity contribution in [2.45, 2.75) is 46.1 Å². The van der Waals surface area contributed by atoms with Gasteiger partial charge in [-0.2, -0.15) is 5.10 Å². The Kier molecular flexibility index (Phi) is 7.36. The highest BCUT2D eigenvalue weighted by Gasteiger charge is 2.23. The molecule has 3 atom stereocenters. The van der Waals surface area contributed by atoms with Crippen LogP contribution in [0.4, 0.5) is 0 Å². The van der Waals surface area contributed by atoms with Crippen LogP contribution in [-0.2, 0) is 11.8 Å². The van der Waals surface area contributed by atoms with Gasteiger partial charge in [0, 0.05) is 24.7 Å². The summed E-state index contributed by atoms with van der Waals surface area (Å²) in [6.45, 7) is 8.41. The summed E-state index contributed by atoms with van der Waals surface area (Å²) in [4.78, 5) is 12.2. The molecular weight excluding hydrogens is 300 g/mol. The molecule has 1 aromatic rings. The molecule has 0 aromatic carbocycles. The molecule has 1 aliphatic heterocycles. The van der Waals surface area contributed by atoms with Gasteiger partial charge >= 0.3 is 0 Å². The van der Waals surface area contributed by atoms with Crippen molar-refractivity contribution >= 4 is 18.3 Å². The lowest BCUT2D eigenvalue weighted by Crippen LogP contribution is -2.36. The van der Waals surface area contributed by atoms with Crippen molar-refractivity contribution in [3.8, 4) is 0 Å². The summed E-state index contributed by atoms with van der Waals surface area (Å²) in [5.74, 6) is 1.20. The summed E-state index contributed by atoms with van der Waals surface area (Å²) in [5.41, 5.74) is 2.20. The van der Waals surface area contributed by atoms with Crippen molar-refractivity contribution < 1.29 is 4.79 Å². The molecule has 22 heavy (non-hydrogen) atoms. The Balaban J connectivity index is 0.00000242. The van der Waals surface area contributed by atoms with Gasteiger partial charge in [0.05, 0.1) is 12.2 Å². The van der Waals surface area contributed by atoms with Gasteiger partial charge in [0.25, 0.3) is 0 Å². The van der Waals surface area contributed by atoms with E-state index in [0.29, 0.717) is 18.3 Å². The quantitative estimate of drug-likeness (QED) is 0.872. The molecule has 0 saturated carbocycles. The average Bonchev–Trinajstić information content (AvgIpc) is 2.79. The SMILES string of the molecule is Cc1c(C(C)NC(=O)CC(C)C2CCCNC2)cnn1C.Cl. The second kappa shape index (κ2) is 8.53. The number of amides is 1. The number of aromatic nitrogens is 2. The number of hydrogen-bond donors (Lipinski definition) is 2. The van der Waals surface area contributed by atoms with Crippen molar-refractivity contribution in [2.75, 3.05) is 13.1 Å². The predicted molar refractivity (Wildman–Crippen MR) is 91.1 cm³/mol. The van der Waals surface area contributed by atoms with Gasteiger partial charge in [0.2, 0.25) is 5.91 Å². The zero-order valence-electron chi connectivity index (χ0n) is 14.1. The smallest absolute Gasteiger partial charge is 0.220 e. The van der Waals surface area contributed by atoms with Gasteiger partial charge in [-0.3, -0.25) is 9.48 Å². The molecule has 1 aromatic heterocycles. The maximum absolute atomic E-state index is 12.2. The summed E-state index contributed by atoms with van der Waals surface area (Å²) in [6.07, 6.45) is 4.91. The van der Waals surface area contributed by atoms with Gasteiger partial charge in [0.15, 0.2) is 0 Å². The molecule has 0 radical (unpaired) electrons. The minimum Gasteiger partial charge on any atom is -0.349 e. The van der Waals surface area contributed by atoms with Gasteiger partial charge in [-0.15, -0.1) is 12.4 Å². The van der Waals surface area contributed by atoms with E-state index in [0.717, 1.165) is 24.3 Å². The van der Waals surface area contributed by atoms with Crippen LogP contribution >= 0.6 is 12.4 Å². The van der Waals surface area contributed by atoms with Crippen molar-refractivity contribution in [1.82, 2.24) is 20.4 Å². The molecule has 1 amide bonds. The molecule has 1 fully saturated rings. The molecule has 1 aliphatic rings. The van der Waals surface area contributed by atoms with Crippen molar-refractivity contribution in [2.24, 2.45) is 18.9 Å². The number of hydrogen-bond acceptors (Lipinski definition) is 3. The minimum absolute atomic E-state index is 0. The maximum atomic E-state index is 12.2. The third-order valence-corrected chi connectivity index (χ3v) is 4.76. The van der Waals surface area contributed by atoms with E-state index in [1.165, 1.54) is 12.8 Å². The van der Waals surface area contributed by atoms with E-state index in [2.05, 4.69) is 22.7 Å². The first-order chi connectivity index (χ1) is 9.99. The number of rotatable bonds is 5. The summed E-state index contributed by atoms with van der Waals surface area (Å²) in [6, 6.07) is 0.0166. The Bertz CT molecular complexity index is 482. The normalized spacial score (nSPS) is 20.8.